The van der Waals surface area contributed by atoms with Crippen LogP contribution in [-0.4, -0.2) is 29.7 Å². The molecule has 1 fully saturated rings. The van der Waals surface area contributed by atoms with Crippen LogP contribution in [-0.2, 0) is 17.5 Å². The Bertz CT molecular complexity index is 776. The number of β-amino-alcohol motifs (C(OH)–C–C–N with tert-alkyl or cyclic N) is 1. The number of ether oxygens (including phenoxy) is 1. The van der Waals surface area contributed by atoms with E-state index in [1.807, 2.05) is 0 Å². The van der Waals surface area contributed by atoms with E-state index in [-0.39, 0.29) is 11.9 Å². The number of carbonyl (C=O) groups is 1. The third-order valence-electron chi connectivity index (χ3n) is 4.23. The molecule has 0 spiro atoms. The number of amides is 1. The lowest BCUT2D eigenvalue weighted by atomic mass is 10.1. The zero-order valence-electron chi connectivity index (χ0n) is 14.3. The molecule has 5 nitrogen and oxygen atoms in total. The molecular formula is C19H19F3N2O3. The molecule has 3 rings (SSSR count). The Morgan fingerprint density at radius 2 is 1.70 bits per heavy atom. The second-order valence-corrected chi connectivity index (χ2v) is 6.34. The van der Waals surface area contributed by atoms with E-state index in [9.17, 15) is 23.1 Å². The van der Waals surface area contributed by atoms with E-state index >= 15 is 0 Å². The number of hydrogen-bond acceptors (Lipinski definition) is 4. The van der Waals surface area contributed by atoms with Crippen LogP contribution in [0.3, 0.4) is 0 Å². The normalized spacial score (nSPS) is 19.7. The summed E-state index contributed by atoms with van der Waals surface area (Å²) in [6.07, 6.45) is -4.48. The Hall–Kier alpha value is -2.58. The fourth-order valence-electron chi connectivity index (χ4n) is 2.75. The van der Waals surface area contributed by atoms with Crippen LogP contribution < -0.4 is 15.4 Å². The number of aliphatic hydroxyl groups is 1. The van der Waals surface area contributed by atoms with Crippen LogP contribution in [0, 0.1) is 0 Å². The summed E-state index contributed by atoms with van der Waals surface area (Å²) in [5.74, 6) is 0.608. The first-order valence-corrected chi connectivity index (χ1v) is 8.44. The molecule has 27 heavy (non-hydrogen) atoms. The summed E-state index contributed by atoms with van der Waals surface area (Å²) in [5.41, 5.74) is 0.117. The molecule has 144 valence electrons. The molecule has 1 heterocycles. The van der Waals surface area contributed by atoms with Gasteiger partial charge in [0.1, 0.15) is 11.5 Å². The van der Waals surface area contributed by atoms with E-state index in [0.29, 0.717) is 31.0 Å². The van der Waals surface area contributed by atoms with Crippen molar-refractivity contribution in [1.82, 2.24) is 10.6 Å². The number of benzene rings is 2. The van der Waals surface area contributed by atoms with E-state index < -0.39 is 17.8 Å². The van der Waals surface area contributed by atoms with Gasteiger partial charge in [-0.1, -0.05) is 12.1 Å². The summed E-state index contributed by atoms with van der Waals surface area (Å²) in [7, 11) is 0. The van der Waals surface area contributed by atoms with Crippen molar-refractivity contribution < 1.29 is 27.8 Å². The molecule has 1 aliphatic heterocycles. The fourth-order valence-corrected chi connectivity index (χ4v) is 2.75. The molecule has 2 unspecified atom stereocenters. The van der Waals surface area contributed by atoms with Crippen LogP contribution in [0.4, 0.5) is 13.2 Å². The van der Waals surface area contributed by atoms with Crippen LogP contribution in [0.2, 0.25) is 0 Å². The summed E-state index contributed by atoms with van der Waals surface area (Å²) in [4.78, 5) is 12.0. The van der Waals surface area contributed by atoms with Crippen molar-refractivity contribution in [3.63, 3.8) is 0 Å². The van der Waals surface area contributed by atoms with E-state index in [2.05, 4.69) is 10.6 Å². The van der Waals surface area contributed by atoms with Crippen LogP contribution in [0.5, 0.6) is 11.5 Å². The first-order valence-electron chi connectivity index (χ1n) is 8.44. The Labute approximate surface area is 154 Å². The molecule has 1 saturated heterocycles. The lowest BCUT2D eigenvalue weighted by Gasteiger charge is -2.12. The molecule has 3 N–H and O–H groups in total. The van der Waals surface area contributed by atoms with Crippen LogP contribution >= 0.6 is 0 Å². The SMILES string of the molecule is O=C(NCc1ccc(Oc2ccc(C(F)(F)F)cc2)cc1)C1CC(O)CN1. The molecule has 2 aromatic carbocycles. The number of hydrogen-bond donors (Lipinski definition) is 3. The maximum absolute atomic E-state index is 12.6. The maximum Gasteiger partial charge on any atom is 0.416 e. The van der Waals surface area contributed by atoms with Crippen molar-refractivity contribution in [3.8, 4) is 11.5 Å². The molecule has 2 atom stereocenters. The highest BCUT2D eigenvalue weighted by atomic mass is 19.4. The molecule has 0 radical (unpaired) electrons. The minimum absolute atomic E-state index is 0.170. The van der Waals surface area contributed by atoms with Gasteiger partial charge in [0.05, 0.1) is 17.7 Å². The summed E-state index contributed by atoms with van der Waals surface area (Å²) in [6.45, 7) is 0.738. The van der Waals surface area contributed by atoms with Gasteiger partial charge in [-0.25, -0.2) is 0 Å². The van der Waals surface area contributed by atoms with Gasteiger partial charge in [0.25, 0.3) is 0 Å². The lowest BCUT2D eigenvalue weighted by Crippen LogP contribution is -2.39. The largest absolute Gasteiger partial charge is 0.457 e. The van der Waals surface area contributed by atoms with Gasteiger partial charge in [-0.15, -0.1) is 0 Å². The van der Waals surface area contributed by atoms with E-state index in [4.69, 9.17) is 4.74 Å². The van der Waals surface area contributed by atoms with Crippen molar-refractivity contribution >= 4 is 5.91 Å². The van der Waals surface area contributed by atoms with Crippen molar-refractivity contribution in [2.24, 2.45) is 0 Å². The molecule has 2 aromatic rings. The topological polar surface area (TPSA) is 70.6 Å². The molecule has 0 saturated carbocycles. The highest BCUT2D eigenvalue weighted by Gasteiger charge is 2.30. The first-order chi connectivity index (χ1) is 12.8. The van der Waals surface area contributed by atoms with E-state index in [1.165, 1.54) is 12.1 Å². The van der Waals surface area contributed by atoms with Crippen LogP contribution in [0.15, 0.2) is 48.5 Å². The van der Waals surface area contributed by atoms with Gasteiger partial charge in [-0.2, -0.15) is 13.2 Å². The van der Waals surface area contributed by atoms with Gasteiger partial charge in [0.15, 0.2) is 0 Å². The van der Waals surface area contributed by atoms with Gasteiger partial charge in [-0.05, 0) is 48.4 Å². The fraction of sp³-hybridized carbons (Fsp3) is 0.316. The highest BCUT2D eigenvalue weighted by molar-refractivity contribution is 5.82. The molecular weight excluding hydrogens is 361 g/mol. The summed E-state index contributed by atoms with van der Waals surface area (Å²) < 4.78 is 43.2. The number of halogens is 3. The molecule has 0 bridgehead atoms. The average molecular weight is 380 g/mol. The van der Waals surface area contributed by atoms with Crippen LogP contribution in [0.1, 0.15) is 17.5 Å². The van der Waals surface area contributed by atoms with Crippen LogP contribution in [0.25, 0.3) is 0 Å². The number of rotatable bonds is 5. The van der Waals surface area contributed by atoms with Gasteiger partial charge in [0.2, 0.25) is 5.91 Å². The second-order valence-electron chi connectivity index (χ2n) is 6.34. The van der Waals surface area contributed by atoms with E-state index in [0.717, 1.165) is 17.7 Å². The zero-order chi connectivity index (χ0) is 19.4. The smallest absolute Gasteiger partial charge is 0.416 e. The predicted octanol–water partition coefficient (Wildman–Crippen LogP) is 2.84. The lowest BCUT2D eigenvalue weighted by molar-refractivity contribution is -0.137. The number of alkyl halides is 3. The summed E-state index contributed by atoms with van der Waals surface area (Å²) >= 11 is 0. The van der Waals surface area contributed by atoms with Gasteiger partial charge >= 0.3 is 6.18 Å². The highest BCUT2D eigenvalue weighted by Crippen LogP contribution is 2.31. The Kier molecular flexibility index (Phi) is 5.67. The molecule has 1 aliphatic rings. The molecule has 8 heteroatoms. The van der Waals surface area contributed by atoms with Crippen molar-refractivity contribution in [3.05, 3.63) is 59.7 Å². The molecule has 0 aliphatic carbocycles. The van der Waals surface area contributed by atoms with E-state index in [1.54, 1.807) is 24.3 Å². The Morgan fingerprint density at radius 1 is 1.11 bits per heavy atom. The quantitative estimate of drug-likeness (QED) is 0.746. The summed E-state index contributed by atoms with van der Waals surface area (Å²) in [6, 6.07) is 10.9. The minimum Gasteiger partial charge on any atom is -0.457 e. The minimum atomic E-state index is -4.38. The van der Waals surface area contributed by atoms with Gasteiger partial charge in [0, 0.05) is 13.1 Å². The number of nitrogens with one attached hydrogen (secondary N) is 2. The van der Waals surface area contributed by atoms with Crippen molar-refractivity contribution in [2.75, 3.05) is 6.54 Å². The number of aliphatic hydroxyl groups excluding tert-OH is 1. The molecule has 0 aromatic heterocycles. The monoisotopic (exact) mass is 380 g/mol. The van der Waals surface area contributed by atoms with Crippen molar-refractivity contribution in [2.45, 2.75) is 31.3 Å². The number of carbonyl (C=O) groups excluding carboxylic acids is 1. The standard InChI is InChI=1S/C19H19F3N2O3/c20-19(21,22)13-3-7-16(8-4-13)27-15-5-1-12(2-6-15)10-24-18(26)17-9-14(25)11-23-17/h1-8,14,17,23,25H,9-11H2,(H,24,26). The summed E-state index contributed by atoms with van der Waals surface area (Å²) in [5, 5.41) is 15.2. The zero-order valence-corrected chi connectivity index (χ0v) is 14.3. The predicted molar refractivity (Wildman–Crippen MR) is 92.2 cm³/mol. The molecule has 1 amide bonds. The third-order valence-corrected chi connectivity index (χ3v) is 4.23. The van der Waals surface area contributed by atoms with Gasteiger partial charge < -0.3 is 20.5 Å². The van der Waals surface area contributed by atoms with Crippen molar-refractivity contribution in [1.29, 1.82) is 0 Å². The van der Waals surface area contributed by atoms with Gasteiger partial charge in [-0.3, -0.25) is 4.79 Å². The third kappa shape index (κ3) is 5.21. The Morgan fingerprint density at radius 3 is 2.22 bits per heavy atom. The average Bonchev–Trinajstić information content (AvgIpc) is 3.07. The second kappa shape index (κ2) is 7.98. The Balaban J connectivity index is 1.52. The first kappa shape index (κ1) is 19.2. The maximum atomic E-state index is 12.6.